The number of fused-ring (bicyclic) bond motifs is 1. The highest BCUT2D eigenvalue weighted by Gasteiger charge is 2.62. The van der Waals surface area contributed by atoms with E-state index < -0.39 is 0 Å². The average Bonchev–Trinajstić information content (AvgIpc) is 2.71. The van der Waals surface area contributed by atoms with Gasteiger partial charge in [-0.05, 0) is 78.2 Å². The number of urea groups is 1. The molecule has 1 spiro atoms. The molecule has 2 unspecified atom stereocenters. The second-order valence-corrected chi connectivity index (χ2v) is 13.0. The molecule has 2 atom stereocenters. The number of carbonyl (C=O) groups excluding carboxylic acids is 1. The molecule has 1 heterocycles. The Hall–Kier alpha value is -2.81. The predicted molar refractivity (Wildman–Crippen MR) is 140 cm³/mol. The molecule has 1 fully saturated rings. The van der Waals surface area contributed by atoms with Crippen molar-refractivity contribution in [1.29, 1.82) is 0 Å². The number of benzene rings is 2. The van der Waals surface area contributed by atoms with Crippen LogP contribution < -0.4 is 9.80 Å². The minimum absolute atomic E-state index is 0.0847. The van der Waals surface area contributed by atoms with Crippen molar-refractivity contribution in [3.63, 3.8) is 0 Å². The monoisotopic (exact) mass is 452 g/mol. The molecule has 2 aromatic rings. The molecule has 2 amide bonds. The zero-order valence-electron chi connectivity index (χ0n) is 21.2. The first-order valence-corrected chi connectivity index (χ1v) is 12.7. The summed E-state index contributed by atoms with van der Waals surface area (Å²) in [5, 5.41) is 0. The predicted octanol–water partition coefficient (Wildman–Crippen LogP) is 8.10. The van der Waals surface area contributed by atoms with Gasteiger partial charge in [0.25, 0.3) is 0 Å². The molecule has 2 aromatic carbocycles. The average molecular weight is 453 g/mol. The maximum atomic E-state index is 14.7. The lowest BCUT2D eigenvalue weighted by Gasteiger charge is -2.64. The van der Waals surface area contributed by atoms with Crippen LogP contribution in [-0.2, 0) is 0 Å². The van der Waals surface area contributed by atoms with E-state index in [4.69, 9.17) is 0 Å². The maximum Gasteiger partial charge on any atom is 0.334 e. The zero-order chi connectivity index (χ0) is 23.9. The lowest BCUT2D eigenvalue weighted by atomic mass is 9.49. The Morgan fingerprint density at radius 1 is 0.706 bits per heavy atom. The lowest BCUT2D eigenvalue weighted by Crippen LogP contribution is -2.68. The van der Waals surface area contributed by atoms with Gasteiger partial charge >= 0.3 is 6.03 Å². The van der Waals surface area contributed by atoms with E-state index in [1.54, 1.807) is 0 Å². The molecular formula is C31H36N2O. The third kappa shape index (κ3) is 3.12. The van der Waals surface area contributed by atoms with Gasteiger partial charge in [0.05, 0.1) is 11.2 Å². The third-order valence-corrected chi connectivity index (χ3v) is 8.37. The third-order valence-electron chi connectivity index (χ3n) is 8.37. The van der Waals surface area contributed by atoms with Crippen LogP contribution in [0.1, 0.15) is 66.7 Å². The Balaban J connectivity index is 1.70. The van der Waals surface area contributed by atoms with E-state index in [-0.39, 0.29) is 27.8 Å². The van der Waals surface area contributed by atoms with E-state index in [2.05, 4.69) is 82.0 Å². The maximum absolute atomic E-state index is 14.7. The molecule has 1 saturated carbocycles. The number of hydrogen-bond acceptors (Lipinski definition) is 1. The first-order chi connectivity index (χ1) is 16.0. The van der Waals surface area contributed by atoms with E-state index in [1.165, 1.54) is 16.8 Å². The van der Waals surface area contributed by atoms with Crippen LogP contribution in [0.5, 0.6) is 0 Å². The van der Waals surface area contributed by atoms with Crippen LogP contribution in [0.25, 0.3) is 0 Å². The van der Waals surface area contributed by atoms with Gasteiger partial charge in [0.2, 0.25) is 0 Å². The second-order valence-electron chi connectivity index (χ2n) is 13.0. The topological polar surface area (TPSA) is 23.6 Å². The van der Waals surface area contributed by atoms with Gasteiger partial charge in [-0.3, -0.25) is 9.80 Å². The molecule has 0 aromatic heterocycles. The van der Waals surface area contributed by atoms with Crippen LogP contribution in [0.2, 0.25) is 0 Å². The summed E-state index contributed by atoms with van der Waals surface area (Å²) in [6, 6.07) is 20.8. The van der Waals surface area contributed by atoms with Gasteiger partial charge in [-0.2, -0.15) is 0 Å². The van der Waals surface area contributed by atoms with Gasteiger partial charge in [-0.15, -0.1) is 0 Å². The molecule has 0 saturated heterocycles. The van der Waals surface area contributed by atoms with Gasteiger partial charge in [-0.25, -0.2) is 4.79 Å². The molecule has 3 heteroatoms. The molecule has 0 N–H and O–H groups in total. The van der Waals surface area contributed by atoms with Crippen molar-refractivity contribution in [1.82, 2.24) is 0 Å². The molecule has 1 aliphatic heterocycles. The van der Waals surface area contributed by atoms with Crippen molar-refractivity contribution in [2.45, 2.75) is 72.3 Å². The molecule has 176 valence electrons. The lowest BCUT2D eigenvalue weighted by molar-refractivity contribution is 0.0692. The summed E-state index contributed by atoms with van der Waals surface area (Å²) in [6.07, 6.45) is 7.74. The largest absolute Gasteiger partial charge is 0.334 e. The number of amides is 2. The normalized spacial score (nSPS) is 31.2. The molecule has 3 nitrogen and oxygen atoms in total. The fourth-order valence-corrected chi connectivity index (χ4v) is 8.16. The Labute approximate surface area is 204 Å². The smallest absolute Gasteiger partial charge is 0.283 e. The number of rotatable bonds is 2. The Morgan fingerprint density at radius 3 is 1.97 bits per heavy atom. The molecule has 3 aliphatic carbocycles. The number of allylic oxidation sites excluding steroid dienone is 2. The van der Waals surface area contributed by atoms with E-state index >= 15 is 0 Å². The van der Waals surface area contributed by atoms with Crippen LogP contribution in [0.4, 0.5) is 16.2 Å². The van der Waals surface area contributed by atoms with Crippen LogP contribution >= 0.6 is 0 Å². The van der Waals surface area contributed by atoms with Crippen molar-refractivity contribution < 1.29 is 4.79 Å². The van der Waals surface area contributed by atoms with Crippen molar-refractivity contribution >= 4 is 17.4 Å². The summed E-state index contributed by atoms with van der Waals surface area (Å²) in [4.78, 5) is 18.9. The zero-order valence-corrected chi connectivity index (χ0v) is 21.2. The fraction of sp³-hybridized carbons (Fsp3) is 0.452. The number of hydrogen-bond donors (Lipinski definition) is 0. The SMILES string of the molecule is CC1(C)CC2=CC3(C)CC(C)(C)CC4(C3)C2=C(C1)N(c1ccccc1)C(=O)N4c1ccccc1. The van der Waals surface area contributed by atoms with Gasteiger partial charge < -0.3 is 0 Å². The number of para-hydroxylation sites is 2. The van der Waals surface area contributed by atoms with Crippen molar-refractivity contribution in [2.24, 2.45) is 16.2 Å². The number of carbonyl (C=O) groups is 1. The minimum Gasteiger partial charge on any atom is -0.283 e. The van der Waals surface area contributed by atoms with Crippen molar-refractivity contribution in [3.8, 4) is 0 Å². The summed E-state index contributed by atoms with van der Waals surface area (Å²) in [6.45, 7) is 11.9. The van der Waals surface area contributed by atoms with Crippen molar-refractivity contribution in [3.05, 3.63) is 83.6 Å². The molecule has 6 rings (SSSR count). The van der Waals surface area contributed by atoms with Crippen molar-refractivity contribution in [2.75, 3.05) is 9.80 Å². The fourth-order valence-electron chi connectivity index (χ4n) is 8.16. The summed E-state index contributed by atoms with van der Waals surface area (Å²) < 4.78 is 0. The molecule has 2 bridgehead atoms. The Bertz CT molecular complexity index is 1220. The van der Waals surface area contributed by atoms with Crippen LogP contribution in [0, 0.1) is 16.2 Å². The van der Waals surface area contributed by atoms with Gasteiger partial charge in [-0.1, -0.05) is 77.1 Å². The summed E-state index contributed by atoms with van der Waals surface area (Å²) in [5.41, 5.74) is 6.14. The Kier molecular flexibility index (Phi) is 4.39. The molecule has 0 radical (unpaired) electrons. The molecule has 4 aliphatic rings. The van der Waals surface area contributed by atoms with E-state index in [0.717, 1.165) is 43.5 Å². The minimum atomic E-state index is -0.309. The van der Waals surface area contributed by atoms with E-state index in [1.807, 2.05) is 29.2 Å². The first-order valence-electron chi connectivity index (χ1n) is 12.7. The highest BCUT2D eigenvalue weighted by atomic mass is 16.2. The standard InChI is InChI=1S/C31H36N2O/c1-28(2)16-22-17-30(5)19-29(3,4)20-31(21-30)26(22)25(18-28)32(23-12-8-6-9-13-23)27(34)33(31)24-14-10-7-11-15-24/h6-15,17H,16,18-21H2,1-5H3. The summed E-state index contributed by atoms with van der Waals surface area (Å²) in [7, 11) is 0. The van der Waals surface area contributed by atoms with Gasteiger partial charge in [0.15, 0.2) is 0 Å². The summed E-state index contributed by atoms with van der Waals surface area (Å²) in [5.74, 6) is 0. The van der Waals surface area contributed by atoms with Crippen LogP contribution in [0.15, 0.2) is 83.6 Å². The van der Waals surface area contributed by atoms with Crippen LogP contribution in [0.3, 0.4) is 0 Å². The highest BCUT2D eigenvalue weighted by Crippen LogP contribution is 2.65. The molecular weight excluding hydrogens is 416 g/mol. The first kappa shape index (κ1) is 21.7. The quantitative estimate of drug-likeness (QED) is 0.451. The van der Waals surface area contributed by atoms with E-state index in [0.29, 0.717) is 0 Å². The Morgan fingerprint density at radius 2 is 1.32 bits per heavy atom. The van der Waals surface area contributed by atoms with Gasteiger partial charge in [0.1, 0.15) is 0 Å². The highest BCUT2D eigenvalue weighted by molar-refractivity contribution is 6.09. The summed E-state index contributed by atoms with van der Waals surface area (Å²) >= 11 is 0. The number of anilines is 2. The van der Waals surface area contributed by atoms with Gasteiger partial charge in [0, 0.05) is 17.0 Å². The molecule has 34 heavy (non-hydrogen) atoms. The van der Waals surface area contributed by atoms with Crippen LogP contribution in [-0.4, -0.2) is 11.6 Å². The van der Waals surface area contributed by atoms with E-state index in [9.17, 15) is 4.79 Å². The number of nitrogens with zero attached hydrogens (tertiary/aromatic N) is 2. The second kappa shape index (κ2) is 6.87.